The first kappa shape index (κ1) is 12.9. The van der Waals surface area contributed by atoms with E-state index in [1.165, 1.54) is 57.8 Å². The number of nitrogens with one attached hydrogen (secondary N) is 1. The number of aromatic nitrogens is 2. The van der Waals surface area contributed by atoms with E-state index in [4.69, 9.17) is 0 Å². The quantitative estimate of drug-likeness (QED) is 0.909. The molecule has 1 aromatic heterocycles. The second-order valence-corrected chi connectivity index (χ2v) is 7.24. The van der Waals surface area contributed by atoms with Gasteiger partial charge in [-0.15, -0.1) is 0 Å². The first-order valence-electron chi connectivity index (χ1n) is 8.63. The van der Waals surface area contributed by atoms with E-state index < -0.39 is 0 Å². The molecule has 110 valence electrons. The first-order valence-corrected chi connectivity index (χ1v) is 8.63. The Morgan fingerprint density at radius 2 is 1.85 bits per heavy atom. The maximum absolute atomic E-state index is 4.23. The fourth-order valence-corrected chi connectivity index (χ4v) is 4.63. The third-order valence-corrected chi connectivity index (χ3v) is 5.84. The summed E-state index contributed by atoms with van der Waals surface area (Å²) in [6.07, 6.45) is 18.9. The minimum atomic E-state index is 0.638. The van der Waals surface area contributed by atoms with Gasteiger partial charge in [-0.1, -0.05) is 12.8 Å². The van der Waals surface area contributed by atoms with Crippen molar-refractivity contribution in [3.8, 4) is 0 Å². The SMILES string of the molecule is c1cn(C2CCCC2NC2CCCC(C3CC3)C2)cn1. The summed E-state index contributed by atoms with van der Waals surface area (Å²) in [6, 6.07) is 2.09. The fraction of sp³-hybridized carbons (Fsp3) is 0.824. The van der Waals surface area contributed by atoms with Gasteiger partial charge in [0.15, 0.2) is 0 Å². The molecule has 1 aromatic rings. The summed E-state index contributed by atoms with van der Waals surface area (Å²) < 4.78 is 2.33. The van der Waals surface area contributed by atoms with E-state index in [1.54, 1.807) is 0 Å². The molecule has 0 saturated heterocycles. The van der Waals surface area contributed by atoms with Gasteiger partial charge >= 0.3 is 0 Å². The molecule has 3 fully saturated rings. The van der Waals surface area contributed by atoms with Crippen LogP contribution in [0.5, 0.6) is 0 Å². The van der Waals surface area contributed by atoms with E-state index in [1.807, 2.05) is 12.5 Å². The molecule has 20 heavy (non-hydrogen) atoms. The van der Waals surface area contributed by atoms with Crippen molar-refractivity contribution in [2.45, 2.75) is 75.9 Å². The van der Waals surface area contributed by atoms with Crippen molar-refractivity contribution < 1.29 is 0 Å². The molecular formula is C17H27N3. The molecular weight excluding hydrogens is 246 g/mol. The summed E-state index contributed by atoms with van der Waals surface area (Å²) in [7, 11) is 0. The van der Waals surface area contributed by atoms with Crippen LogP contribution in [-0.2, 0) is 0 Å². The highest BCUT2D eigenvalue weighted by atomic mass is 15.1. The molecule has 0 spiro atoms. The largest absolute Gasteiger partial charge is 0.333 e. The predicted molar refractivity (Wildman–Crippen MR) is 80.5 cm³/mol. The lowest BCUT2D eigenvalue weighted by molar-refractivity contribution is 0.232. The molecule has 3 heteroatoms. The average molecular weight is 273 g/mol. The van der Waals surface area contributed by atoms with Crippen LogP contribution in [0.15, 0.2) is 18.7 Å². The fourth-order valence-electron chi connectivity index (χ4n) is 4.63. The number of imidazole rings is 1. The normalized spacial score (nSPS) is 38.2. The van der Waals surface area contributed by atoms with Gasteiger partial charge in [0, 0.05) is 30.5 Å². The van der Waals surface area contributed by atoms with Gasteiger partial charge in [-0.25, -0.2) is 4.98 Å². The van der Waals surface area contributed by atoms with Crippen LogP contribution in [-0.4, -0.2) is 21.6 Å². The Labute approximate surface area is 122 Å². The second kappa shape index (κ2) is 5.51. The highest BCUT2D eigenvalue weighted by Crippen LogP contribution is 2.44. The highest BCUT2D eigenvalue weighted by molar-refractivity contribution is 4.95. The topological polar surface area (TPSA) is 29.9 Å². The lowest BCUT2D eigenvalue weighted by Crippen LogP contribution is -2.43. The monoisotopic (exact) mass is 273 g/mol. The third kappa shape index (κ3) is 2.65. The van der Waals surface area contributed by atoms with E-state index in [0.717, 1.165) is 17.9 Å². The minimum absolute atomic E-state index is 0.638. The molecule has 3 nitrogen and oxygen atoms in total. The molecule has 0 aliphatic heterocycles. The van der Waals surface area contributed by atoms with Crippen molar-refractivity contribution in [1.82, 2.24) is 14.9 Å². The van der Waals surface area contributed by atoms with Crippen molar-refractivity contribution in [1.29, 1.82) is 0 Å². The van der Waals surface area contributed by atoms with Crippen molar-refractivity contribution >= 4 is 0 Å². The van der Waals surface area contributed by atoms with Crippen LogP contribution >= 0.6 is 0 Å². The van der Waals surface area contributed by atoms with Crippen LogP contribution in [0.1, 0.15) is 63.8 Å². The Kier molecular flexibility index (Phi) is 3.55. The Morgan fingerprint density at radius 1 is 0.950 bits per heavy atom. The van der Waals surface area contributed by atoms with Crippen molar-refractivity contribution in [2.24, 2.45) is 11.8 Å². The summed E-state index contributed by atoms with van der Waals surface area (Å²) in [5.41, 5.74) is 0. The molecule has 4 rings (SSSR count). The van der Waals surface area contributed by atoms with E-state index in [2.05, 4.69) is 21.1 Å². The van der Waals surface area contributed by atoms with Crippen LogP contribution in [0.3, 0.4) is 0 Å². The predicted octanol–water partition coefficient (Wildman–Crippen LogP) is 3.54. The van der Waals surface area contributed by atoms with Gasteiger partial charge < -0.3 is 9.88 Å². The second-order valence-electron chi connectivity index (χ2n) is 7.24. The third-order valence-electron chi connectivity index (χ3n) is 5.84. The van der Waals surface area contributed by atoms with Gasteiger partial charge in [-0.3, -0.25) is 0 Å². The van der Waals surface area contributed by atoms with Gasteiger partial charge in [0.25, 0.3) is 0 Å². The molecule has 0 bridgehead atoms. The summed E-state index contributed by atoms with van der Waals surface area (Å²) in [6.45, 7) is 0. The van der Waals surface area contributed by atoms with Gasteiger partial charge in [-0.05, 0) is 56.8 Å². The molecule has 1 N–H and O–H groups in total. The van der Waals surface area contributed by atoms with E-state index in [0.29, 0.717) is 12.1 Å². The Balaban J connectivity index is 1.37. The standard InChI is InChI=1S/C17H27N3/c1-3-14(13-7-8-13)11-15(4-1)19-16-5-2-6-17(16)20-10-9-18-12-20/h9-10,12-17,19H,1-8,11H2. The zero-order valence-electron chi connectivity index (χ0n) is 12.4. The summed E-state index contributed by atoms with van der Waals surface area (Å²) in [4.78, 5) is 4.23. The lowest BCUT2D eigenvalue weighted by atomic mass is 9.82. The first-order chi connectivity index (χ1) is 9.90. The molecule has 3 saturated carbocycles. The molecule has 3 aliphatic rings. The van der Waals surface area contributed by atoms with Crippen molar-refractivity contribution in [3.63, 3.8) is 0 Å². The van der Waals surface area contributed by atoms with Gasteiger partial charge in [-0.2, -0.15) is 0 Å². The van der Waals surface area contributed by atoms with E-state index in [-0.39, 0.29) is 0 Å². The summed E-state index contributed by atoms with van der Waals surface area (Å²) in [5, 5.41) is 4.02. The molecule has 0 amide bonds. The highest BCUT2D eigenvalue weighted by Gasteiger charge is 2.36. The zero-order chi connectivity index (χ0) is 13.4. The molecule has 0 radical (unpaired) electrons. The number of rotatable bonds is 4. The van der Waals surface area contributed by atoms with Crippen LogP contribution in [0.4, 0.5) is 0 Å². The molecule has 4 atom stereocenters. The van der Waals surface area contributed by atoms with Gasteiger partial charge in [0.1, 0.15) is 0 Å². The van der Waals surface area contributed by atoms with Crippen LogP contribution in [0.2, 0.25) is 0 Å². The van der Waals surface area contributed by atoms with Gasteiger partial charge in [0.2, 0.25) is 0 Å². The van der Waals surface area contributed by atoms with E-state index in [9.17, 15) is 0 Å². The number of hydrogen-bond donors (Lipinski definition) is 1. The van der Waals surface area contributed by atoms with Crippen LogP contribution in [0.25, 0.3) is 0 Å². The van der Waals surface area contributed by atoms with Crippen molar-refractivity contribution in [2.75, 3.05) is 0 Å². The van der Waals surface area contributed by atoms with Gasteiger partial charge in [0.05, 0.1) is 6.33 Å². The average Bonchev–Trinajstić information content (AvgIpc) is 2.98. The summed E-state index contributed by atoms with van der Waals surface area (Å²) >= 11 is 0. The molecule has 1 heterocycles. The Hall–Kier alpha value is -0.830. The Bertz CT molecular complexity index is 423. The van der Waals surface area contributed by atoms with E-state index >= 15 is 0 Å². The zero-order valence-corrected chi connectivity index (χ0v) is 12.4. The summed E-state index contributed by atoms with van der Waals surface area (Å²) in [5.74, 6) is 2.13. The minimum Gasteiger partial charge on any atom is -0.333 e. The smallest absolute Gasteiger partial charge is 0.0949 e. The van der Waals surface area contributed by atoms with Crippen LogP contribution in [0, 0.1) is 11.8 Å². The van der Waals surface area contributed by atoms with Crippen LogP contribution < -0.4 is 5.32 Å². The van der Waals surface area contributed by atoms with Crippen molar-refractivity contribution in [3.05, 3.63) is 18.7 Å². The molecule has 3 aliphatic carbocycles. The number of nitrogens with zero attached hydrogens (tertiary/aromatic N) is 2. The number of hydrogen-bond acceptors (Lipinski definition) is 2. The molecule has 4 unspecified atom stereocenters. The lowest BCUT2D eigenvalue weighted by Gasteiger charge is -2.34. The Morgan fingerprint density at radius 3 is 2.65 bits per heavy atom. The maximum Gasteiger partial charge on any atom is 0.0949 e. The maximum atomic E-state index is 4.23. The molecule has 0 aromatic carbocycles.